The zero-order valence-electron chi connectivity index (χ0n) is 13.6. The number of ether oxygens (including phenoxy) is 1. The monoisotopic (exact) mass is 319 g/mol. The van der Waals surface area contributed by atoms with Gasteiger partial charge in [-0.15, -0.1) is 0 Å². The van der Waals surface area contributed by atoms with Crippen molar-refractivity contribution in [1.82, 2.24) is 10.2 Å². The number of carbonyl (C=O) groups is 2. The lowest BCUT2D eigenvalue weighted by Gasteiger charge is -2.32. The number of hydrogen-bond donors (Lipinski definition) is 2. The Labute approximate surface area is 137 Å². The minimum Gasteiger partial charge on any atom is -0.484 e. The predicted molar refractivity (Wildman–Crippen MR) is 88.4 cm³/mol. The lowest BCUT2D eigenvalue weighted by atomic mass is 10.0. The van der Waals surface area contributed by atoms with Gasteiger partial charge in [0.1, 0.15) is 5.75 Å². The average molecular weight is 319 g/mol. The molecule has 1 saturated heterocycles. The van der Waals surface area contributed by atoms with Crippen LogP contribution in [-0.2, 0) is 4.79 Å². The number of carbonyl (C=O) groups excluding carboxylic acids is 2. The largest absolute Gasteiger partial charge is 0.484 e. The summed E-state index contributed by atoms with van der Waals surface area (Å²) in [5.74, 6) is -0.184. The molecule has 0 bridgehead atoms. The van der Waals surface area contributed by atoms with Gasteiger partial charge in [-0.05, 0) is 44.0 Å². The highest BCUT2D eigenvalue weighted by Crippen LogP contribution is 2.15. The molecule has 0 atom stereocenters. The van der Waals surface area contributed by atoms with E-state index in [-0.39, 0.29) is 18.6 Å². The maximum absolute atomic E-state index is 12.3. The molecule has 6 nitrogen and oxygen atoms in total. The third-order valence-corrected chi connectivity index (χ3v) is 3.94. The molecule has 1 aliphatic heterocycles. The van der Waals surface area contributed by atoms with Crippen LogP contribution in [0, 0.1) is 0 Å². The van der Waals surface area contributed by atoms with Crippen LogP contribution in [0.4, 0.5) is 0 Å². The number of nitrogens with two attached hydrogens (primary N) is 1. The maximum atomic E-state index is 12.3. The highest BCUT2D eigenvalue weighted by Gasteiger charge is 2.20. The normalized spacial score (nSPS) is 16.0. The van der Waals surface area contributed by atoms with Gasteiger partial charge in [0.2, 0.25) is 0 Å². The lowest BCUT2D eigenvalue weighted by Crippen LogP contribution is -2.44. The number of primary amides is 1. The Balaban J connectivity index is 1.86. The molecule has 0 radical (unpaired) electrons. The molecule has 1 aliphatic rings. The van der Waals surface area contributed by atoms with Crippen molar-refractivity contribution in [2.75, 3.05) is 26.2 Å². The fourth-order valence-corrected chi connectivity index (χ4v) is 2.77. The molecular formula is C17H25N3O3. The molecule has 1 heterocycles. The molecule has 0 spiro atoms. The lowest BCUT2D eigenvalue weighted by molar-refractivity contribution is -0.119. The van der Waals surface area contributed by atoms with Crippen molar-refractivity contribution in [3.8, 4) is 5.75 Å². The first-order valence-electron chi connectivity index (χ1n) is 8.13. The number of rotatable bonds is 7. The quantitative estimate of drug-likeness (QED) is 0.790. The number of piperidine rings is 1. The van der Waals surface area contributed by atoms with Gasteiger partial charge in [0, 0.05) is 24.7 Å². The van der Waals surface area contributed by atoms with E-state index in [9.17, 15) is 9.59 Å². The highest BCUT2D eigenvalue weighted by molar-refractivity contribution is 5.94. The molecule has 23 heavy (non-hydrogen) atoms. The zero-order chi connectivity index (χ0) is 16.7. The second-order valence-corrected chi connectivity index (χ2v) is 5.87. The van der Waals surface area contributed by atoms with Crippen LogP contribution in [0.15, 0.2) is 24.3 Å². The Morgan fingerprint density at radius 3 is 2.74 bits per heavy atom. The van der Waals surface area contributed by atoms with Gasteiger partial charge >= 0.3 is 0 Å². The number of amides is 2. The zero-order valence-corrected chi connectivity index (χ0v) is 13.6. The Morgan fingerprint density at radius 2 is 2.09 bits per heavy atom. The van der Waals surface area contributed by atoms with Crippen molar-refractivity contribution in [2.24, 2.45) is 5.73 Å². The second kappa shape index (κ2) is 8.53. The van der Waals surface area contributed by atoms with Gasteiger partial charge in [0.15, 0.2) is 6.61 Å². The Morgan fingerprint density at radius 1 is 1.35 bits per heavy atom. The SMILES string of the molecule is CCCN1CCC(NC(=O)c2cccc(OCC(N)=O)c2)CC1. The third kappa shape index (κ3) is 5.56. The van der Waals surface area contributed by atoms with Crippen molar-refractivity contribution < 1.29 is 14.3 Å². The van der Waals surface area contributed by atoms with Gasteiger partial charge in [0.25, 0.3) is 11.8 Å². The van der Waals surface area contributed by atoms with E-state index in [1.807, 2.05) is 0 Å². The van der Waals surface area contributed by atoms with Crippen LogP contribution < -0.4 is 15.8 Å². The van der Waals surface area contributed by atoms with Crippen molar-refractivity contribution in [3.63, 3.8) is 0 Å². The van der Waals surface area contributed by atoms with E-state index in [1.54, 1.807) is 24.3 Å². The molecular weight excluding hydrogens is 294 g/mol. The predicted octanol–water partition coefficient (Wildman–Crippen LogP) is 1.15. The van der Waals surface area contributed by atoms with Crippen molar-refractivity contribution in [1.29, 1.82) is 0 Å². The van der Waals surface area contributed by atoms with Gasteiger partial charge < -0.3 is 20.7 Å². The van der Waals surface area contributed by atoms with Gasteiger partial charge in [-0.3, -0.25) is 9.59 Å². The number of likely N-dealkylation sites (tertiary alicyclic amines) is 1. The van der Waals surface area contributed by atoms with E-state index >= 15 is 0 Å². The van der Waals surface area contributed by atoms with Gasteiger partial charge in [-0.1, -0.05) is 13.0 Å². The summed E-state index contributed by atoms with van der Waals surface area (Å²) < 4.78 is 5.23. The summed E-state index contributed by atoms with van der Waals surface area (Å²) in [6.45, 7) is 5.17. The van der Waals surface area contributed by atoms with Crippen molar-refractivity contribution in [3.05, 3.63) is 29.8 Å². The smallest absolute Gasteiger partial charge is 0.255 e. The molecule has 0 unspecified atom stereocenters. The van der Waals surface area contributed by atoms with E-state index < -0.39 is 5.91 Å². The topological polar surface area (TPSA) is 84.7 Å². The van der Waals surface area contributed by atoms with E-state index in [0.29, 0.717) is 11.3 Å². The summed E-state index contributed by atoms with van der Waals surface area (Å²) in [5, 5.41) is 3.08. The van der Waals surface area contributed by atoms with Crippen LogP contribution in [-0.4, -0.2) is 49.0 Å². The van der Waals surface area contributed by atoms with E-state index in [2.05, 4.69) is 17.1 Å². The fraction of sp³-hybridized carbons (Fsp3) is 0.529. The molecule has 6 heteroatoms. The number of benzene rings is 1. The Kier molecular flexibility index (Phi) is 6.40. The summed E-state index contributed by atoms with van der Waals surface area (Å²) in [5.41, 5.74) is 5.58. The van der Waals surface area contributed by atoms with E-state index in [1.165, 1.54) is 0 Å². The molecule has 2 rings (SSSR count). The van der Waals surface area contributed by atoms with Crippen LogP contribution in [0.3, 0.4) is 0 Å². The summed E-state index contributed by atoms with van der Waals surface area (Å²) in [6.07, 6.45) is 3.11. The van der Waals surface area contributed by atoms with Crippen LogP contribution in [0.25, 0.3) is 0 Å². The fourth-order valence-electron chi connectivity index (χ4n) is 2.77. The van der Waals surface area contributed by atoms with Gasteiger partial charge in [-0.25, -0.2) is 0 Å². The molecule has 0 aliphatic carbocycles. The van der Waals surface area contributed by atoms with Crippen LogP contribution in [0.1, 0.15) is 36.5 Å². The summed E-state index contributed by atoms with van der Waals surface area (Å²) in [7, 11) is 0. The first-order chi connectivity index (χ1) is 11.1. The summed E-state index contributed by atoms with van der Waals surface area (Å²) in [4.78, 5) is 25.5. The minimum absolute atomic E-state index is 0.108. The number of nitrogens with zero attached hydrogens (tertiary/aromatic N) is 1. The minimum atomic E-state index is -0.543. The first kappa shape index (κ1) is 17.3. The van der Waals surface area contributed by atoms with Crippen molar-refractivity contribution >= 4 is 11.8 Å². The molecule has 2 amide bonds. The van der Waals surface area contributed by atoms with Crippen LogP contribution in [0.2, 0.25) is 0 Å². The standard InChI is InChI=1S/C17H25N3O3/c1-2-8-20-9-6-14(7-10-20)19-17(22)13-4-3-5-15(11-13)23-12-16(18)21/h3-5,11,14H,2,6-10,12H2,1H3,(H2,18,21)(H,19,22). The van der Waals surface area contributed by atoms with Crippen molar-refractivity contribution in [2.45, 2.75) is 32.2 Å². The first-order valence-corrected chi connectivity index (χ1v) is 8.13. The highest BCUT2D eigenvalue weighted by atomic mass is 16.5. The Hall–Kier alpha value is -2.08. The summed E-state index contributed by atoms with van der Waals surface area (Å²) in [6, 6.07) is 7.01. The molecule has 1 aromatic carbocycles. The van der Waals surface area contributed by atoms with Gasteiger partial charge in [-0.2, -0.15) is 0 Å². The molecule has 126 valence electrons. The molecule has 1 aromatic rings. The van der Waals surface area contributed by atoms with Crippen LogP contribution in [0.5, 0.6) is 5.75 Å². The number of hydrogen-bond acceptors (Lipinski definition) is 4. The molecule has 0 aromatic heterocycles. The second-order valence-electron chi connectivity index (χ2n) is 5.87. The molecule has 1 fully saturated rings. The summed E-state index contributed by atoms with van der Waals surface area (Å²) >= 11 is 0. The average Bonchev–Trinajstić information content (AvgIpc) is 2.55. The van der Waals surface area contributed by atoms with Crippen LogP contribution >= 0.6 is 0 Å². The number of nitrogens with one attached hydrogen (secondary N) is 1. The molecule has 0 saturated carbocycles. The Bertz CT molecular complexity index is 540. The van der Waals surface area contributed by atoms with Gasteiger partial charge in [0.05, 0.1) is 0 Å². The van der Waals surface area contributed by atoms with E-state index in [4.69, 9.17) is 10.5 Å². The molecule has 3 N–H and O–H groups in total. The third-order valence-electron chi connectivity index (χ3n) is 3.94. The van der Waals surface area contributed by atoms with E-state index in [0.717, 1.165) is 38.9 Å². The maximum Gasteiger partial charge on any atom is 0.255 e.